The molecule has 1 N–H and O–H groups in total. The van der Waals surface area contributed by atoms with Crippen LogP contribution in [0.3, 0.4) is 0 Å². The van der Waals surface area contributed by atoms with Crippen molar-refractivity contribution in [2.45, 2.75) is 0 Å². The topological polar surface area (TPSA) is 45.8 Å². The lowest BCUT2D eigenvalue weighted by Gasteiger charge is -1.84. The first-order valence-corrected chi connectivity index (χ1v) is 3.11. The van der Waals surface area contributed by atoms with E-state index < -0.39 is 0 Å². The van der Waals surface area contributed by atoms with E-state index in [1.807, 2.05) is 0 Å². The molecule has 0 atom stereocenters. The summed E-state index contributed by atoms with van der Waals surface area (Å²) in [6.45, 7) is 7.11. The molecule has 1 aromatic rings. The second-order valence-electron chi connectivity index (χ2n) is 2.01. The third-order valence-electron chi connectivity index (χ3n) is 1.18. The summed E-state index contributed by atoms with van der Waals surface area (Å²) in [4.78, 5) is 17.0. The van der Waals surface area contributed by atoms with Gasteiger partial charge in [-0.3, -0.25) is 4.79 Å². The minimum absolute atomic E-state index is 0.240. The maximum atomic E-state index is 10.6. The summed E-state index contributed by atoms with van der Waals surface area (Å²) >= 11 is 0. The van der Waals surface area contributed by atoms with Crippen LogP contribution in [0.1, 0.15) is 0 Å². The number of allylic oxidation sites excluding steroid dienone is 1. The largest absolute Gasteiger partial charge is 0.320 e. The molecule has 11 heavy (non-hydrogen) atoms. The Kier molecular flexibility index (Phi) is 2.01. The summed E-state index contributed by atoms with van der Waals surface area (Å²) in [6, 6.07) is 0. The van der Waals surface area contributed by atoms with Gasteiger partial charge in [-0.05, 0) is 6.08 Å². The van der Waals surface area contributed by atoms with Crippen molar-refractivity contribution in [1.82, 2.24) is 9.97 Å². The molecule has 0 bridgehead atoms. The summed E-state index contributed by atoms with van der Waals surface area (Å²) in [6.07, 6.45) is 4.48. The van der Waals surface area contributed by atoms with E-state index in [1.165, 1.54) is 6.20 Å². The molecular formula is C8H8N2O. The average molecular weight is 148 g/mol. The molecule has 1 heterocycles. The number of rotatable bonds is 1. The number of hydrogen-bond donors (Lipinski definition) is 1. The lowest BCUT2D eigenvalue weighted by molar-refractivity contribution is 1.05. The van der Waals surface area contributed by atoms with Crippen LogP contribution >= 0.6 is 0 Å². The van der Waals surface area contributed by atoms with Crippen LogP contribution in [0.4, 0.5) is 0 Å². The lowest BCUT2D eigenvalue weighted by Crippen LogP contribution is -2.35. The minimum atomic E-state index is -0.240. The Labute approximate surface area is 63.4 Å². The van der Waals surface area contributed by atoms with Crippen LogP contribution in [0.15, 0.2) is 23.6 Å². The highest BCUT2D eigenvalue weighted by atomic mass is 16.1. The Balaban J connectivity index is 3.56. The molecule has 3 heteroatoms. The van der Waals surface area contributed by atoms with Gasteiger partial charge >= 0.3 is 0 Å². The highest BCUT2D eigenvalue weighted by Crippen LogP contribution is 1.58. The molecule has 56 valence electrons. The Morgan fingerprint density at radius 1 is 1.64 bits per heavy atom. The lowest BCUT2D eigenvalue weighted by atomic mass is 10.4. The van der Waals surface area contributed by atoms with Crippen molar-refractivity contribution in [2.75, 3.05) is 0 Å². The van der Waals surface area contributed by atoms with E-state index in [1.54, 1.807) is 12.2 Å². The van der Waals surface area contributed by atoms with E-state index in [-0.39, 0.29) is 5.56 Å². The van der Waals surface area contributed by atoms with Gasteiger partial charge in [0.1, 0.15) is 0 Å². The van der Waals surface area contributed by atoms with Crippen molar-refractivity contribution in [2.24, 2.45) is 0 Å². The fraction of sp³-hybridized carbons (Fsp3) is 0. The molecule has 0 spiro atoms. The molecule has 0 radical (unpaired) electrons. The fourth-order valence-electron chi connectivity index (χ4n) is 0.706. The Morgan fingerprint density at radius 3 is 2.91 bits per heavy atom. The van der Waals surface area contributed by atoms with Crippen LogP contribution in [0.2, 0.25) is 0 Å². The monoisotopic (exact) mass is 148 g/mol. The van der Waals surface area contributed by atoms with E-state index >= 15 is 0 Å². The van der Waals surface area contributed by atoms with Crippen molar-refractivity contribution < 1.29 is 0 Å². The van der Waals surface area contributed by atoms with Gasteiger partial charge in [0.15, 0.2) is 0 Å². The molecule has 3 nitrogen and oxygen atoms in total. The zero-order valence-electron chi connectivity index (χ0n) is 6.00. The number of nitrogens with zero attached hydrogens (tertiary/aromatic N) is 1. The first-order valence-electron chi connectivity index (χ1n) is 3.11. The SMILES string of the molecule is C=C/C=c1/ncc(=O)[nH]c1=C. The van der Waals surface area contributed by atoms with Crippen molar-refractivity contribution in [3.63, 3.8) is 0 Å². The predicted molar refractivity (Wildman–Crippen MR) is 44.3 cm³/mol. The number of hydrogen-bond acceptors (Lipinski definition) is 2. The van der Waals surface area contributed by atoms with Crippen LogP contribution in [-0.4, -0.2) is 9.97 Å². The Hall–Kier alpha value is -1.64. The number of nitrogens with one attached hydrogen (secondary N) is 1. The molecule has 0 amide bonds. The average Bonchev–Trinajstić information content (AvgIpc) is 1.95. The maximum Gasteiger partial charge on any atom is 0.266 e. The summed E-state index contributed by atoms with van der Waals surface area (Å²) in [5.74, 6) is 0. The smallest absolute Gasteiger partial charge is 0.266 e. The fourth-order valence-corrected chi connectivity index (χ4v) is 0.706. The third-order valence-corrected chi connectivity index (χ3v) is 1.18. The van der Waals surface area contributed by atoms with Crippen LogP contribution in [0.5, 0.6) is 0 Å². The summed E-state index contributed by atoms with van der Waals surface area (Å²) in [5.41, 5.74) is -0.240. The molecule has 0 aromatic carbocycles. The molecular weight excluding hydrogens is 140 g/mol. The van der Waals surface area contributed by atoms with Gasteiger partial charge in [0.2, 0.25) is 0 Å². The van der Waals surface area contributed by atoms with Crippen LogP contribution in [-0.2, 0) is 0 Å². The predicted octanol–water partition coefficient (Wildman–Crippen LogP) is -0.853. The highest BCUT2D eigenvalue weighted by molar-refractivity contribution is 5.31. The molecule has 0 aliphatic carbocycles. The van der Waals surface area contributed by atoms with Crippen molar-refractivity contribution in [1.29, 1.82) is 0 Å². The van der Waals surface area contributed by atoms with Gasteiger partial charge in [-0.15, -0.1) is 0 Å². The maximum absolute atomic E-state index is 10.6. The first kappa shape index (κ1) is 7.47. The Morgan fingerprint density at radius 2 is 2.36 bits per heavy atom. The van der Waals surface area contributed by atoms with Crippen molar-refractivity contribution in [3.8, 4) is 0 Å². The highest BCUT2D eigenvalue weighted by Gasteiger charge is 1.82. The van der Waals surface area contributed by atoms with E-state index in [0.717, 1.165) is 0 Å². The van der Waals surface area contributed by atoms with E-state index in [0.29, 0.717) is 10.7 Å². The van der Waals surface area contributed by atoms with Gasteiger partial charge in [0.05, 0.1) is 16.9 Å². The van der Waals surface area contributed by atoms with Gasteiger partial charge in [-0.1, -0.05) is 19.2 Å². The van der Waals surface area contributed by atoms with Gasteiger partial charge in [0, 0.05) is 0 Å². The van der Waals surface area contributed by atoms with Gasteiger partial charge in [-0.2, -0.15) is 0 Å². The molecule has 0 aliphatic rings. The molecule has 0 aliphatic heterocycles. The summed E-state index contributed by atoms with van der Waals surface area (Å²) in [5, 5.41) is 1.15. The second-order valence-corrected chi connectivity index (χ2v) is 2.01. The number of H-pyrrole nitrogens is 1. The van der Waals surface area contributed by atoms with Gasteiger partial charge in [0.25, 0.3) is 5.56 Å². The number of aromatic amines is 1. The normalized spacial score (nSPS) is 11.5. The number of aromatic nitrogens is 2. The minimum Gasteiger partial charge on any atom is -0.320 e. The molecule has 1 rings (SSSR count). The molecule has 0 unspecified atom stereocenters. The van der Waals surface area contributed by atoms with Crippen LogP contribution in [0, 0.1) is 0 Å². The van der Waals surface area contributed by atoms with Gasteiger partial charge < -0.3 is 4.98 Å². The molecule has 0 fully saturated rings. The van der Waals surface area contributed by atoms with E-state index in [9.17, 15) is 4.79 Å². The molecule has 0 saturated heterocycles. The van der Waals surface area contributed by atoms with Crippen molar-refractivity contribution in [3.05, 3.63) is 39.9 Å². The van der Waals surface area contributed by atoms with E-state index in [4.69, 9.17) is 0 Å². The Bertz CT molecular complexity index is 416. The standard InChI is InChI=1S/C8H8N2O/c1-3-4-7-6(2)10-8(11)5-9-7/h3-5H,1-2H2,(H,10,11)/b7-4+. The van der Waals surface area contributed by atoms with Gasteiger partial charge in [-0.25, -0.2) is 4.98 Å². The first-order chi connectivity index (χ1) is 5.24. The third kappa shape index (κ3) is 1.64. The quantitative estimate of drug-likeness (QED) is 0.563. The van der Waals surface area contributed by atoms with Crippen LogP contribution < -0.4 is 16.3 Å². The van der Waals surface area contributed by atoms with Crippen molar-refractivity contribution >= 4 is 12.7 Å². The zero-order chi connectivity index (χ0) is 8.27. The molecule has 1 aromatic heterocycles. The summed E-state index contributed by atoms with van der Waals surface area (Å²) in [7, 11) is 0. The molecule has 0 saturated carbocycles. The van der Waals surface area contributed by atoms with Crippen LogP contribution in [0.25, 0.3) is 12.7 Å². The zero-order valence-corrected chi connectivity index (χ0v) is 6.00. The van der Waals surface area contributed by atoms with E-state index in [2.05, 4.69) is 23.1 Å². The summed E-state index contributed by atoms with van der Waals surface area (Å²) < 4.78 is 0. The second kappa shape index (κ2) is 2.96.